The molecule has 0 aliphatic rings. The molecule has 4 nitrogen and oxygen atoms in total. The molecule has 0 atom stereocenters. The van der Waals surface area contributed by atoms with E-state index in [1.54, 1.807) is 65.8 Å². The second-order valence-electron chi connectivity index (χ2n) is 5.79. The van der Waals surface area contributed by atoms with Crippen molar-refractivity contribution in [1.29, 1.82) is 0 Å². The van der Waals surface area contributed by atoms with E-state index in [1.165, 1.54) is 6.07 Å². The van der Waals surface area contributed by atoms with Crippen LogP contribution in [0.25, 0.3) is 0 Å². The first-order valence-electron chi connectivity index (χ1n) is 8.45. The maximum atomic E-state index is 14.1. The van der Waals surface area contributed by atoms with Crippen LogP contribution in [-0.4, -0.2) is 17.4 Å². The molecule has 0 N–H and O–H groups in total. The molecule has 134 valence electrons. The van der Waals surface area contributed by atoms with Crippen LogP contribution in [0.3, 0.4) is 0 Å². The van der Waals surface area contributed by atoms with E-state index < -0.39 is 0 Å². The zero-order chi connectivity index (χ0) is 18.4. The molecule has 1 aromatic heterocycles. The fourth-order valence-corrected chi connectivity index (χ4v) is 2.67. The molecule has 0 saturated heterocycles. The Morgan fingerprint density at radius 3 is 2.46 bits per heavy atom. The zero-order valence-electron chi connectivity index (χ0n) is 14.5. The van der Waals surface area contributed by atoms with Crippen LogP contribution < -0.4 is 4.74 Å². The quantitative estimate of drug-likeness (QED) is 0.620. The lowest BCUT2D eigenvalue weighted by Crippen LogP contribution is -2.30. The van der Waals surface area contributed by atoms with Crippen molar-refractivity contribution in [2.45, 2.75) is 20.0 Å². The molecule has 0 unspecified atom stereocenters. The molecule has 0 radical (unpaired) electrons. The predicted octanol–water partition coefficient (Wildman–Crippen LogP) is 4.66. The van der Waals surface area contributed by atoms with E-state index in [0.29, 0.717) is 29.2 Å². The maximum Gasteiger partial charge on any atom is 0.254 e. The van der Waals surface area contributed by atoms with E-state index in [4.69, 9.17) is 9.15 Å². The van der Waals surface area contributed by atoms with Crippen molar-refractivity contribution < 1.29 is 18.3 Å². The van der Waals surface area contributed by atoms with Crippen LogP contribution >= 0.6 is 0 Å². The van der Waals surface area contributed by atoms with Crippen LogP contribution in [0.1, 0.15) is 28.6 Å². The van der Waals surface area contributed by atoms with Gasteiger partial charge in [0.25, 0.3) is 5.91 Å². The fraction of sp³-hybridized carbons (Fsp3) is 0.190. The van der Waals surface area contributed by atoms with Crippen LogP contribution in [-0.2, 0) is 13.1 Å². The highest BCUT2D eigenvalue weighted by Gasteiger charge is 2.19. The SMILES string of the molecule is CCOc1ccc(C(=O)N(Cc2ccco2)Cc2ccccc2F)cc1. The summed E-state index contributed by atoms with van der Waals surface area (Å²) in [6.07, 6.45) is 1.55. The van der Waals surface area contributed by atoms with Gasteiger partial charge in [-0.2, -0.15) is 0 Å². The molecule has 0 bridgehead atoms. The number of ether oxygens (including phenoxy) is 1. The number of benzene rings is 2. The van der Waals surface area contributed by atoms with Crippen molar-refractivity contribution in [3.63, 3.8) is 0 Å². The molecule has 1 amide bonds. The van der Waals surface area contributed by atoms with Crippen molar-refractivity contribution in [1.82, 2.24) is 4.90 Å². The average molecular weight is 353 g/mol. The summed E-state index contributed by atoms with van der Waals surface area (Å²) in [7, 11) is 0. The number of halogens is 1. The number of carbonyl (C=O) groups is 1. The summed E-state index contributed by atoms with van der Waals surface area (Å²) in [4.78, 5) is 14.5. The second-order valence-corrected chi connectivity index (χ2v) is 5.79. The molecule has 2 aromatic carbocycles. The van der Waals surface area contributed by atoms with Crippen LogP contribution in [0.4, 0.5) is 4.39 Å². The molecule has 0 spiro atoms. The number of furan rings is 1. The summed E-state index contributed by atoms with van der Waals surface area (Å²) >= 11 is 0. The lowest BCUT2D eigenvalue weighted by atomic mass is 10.1. The van der Waals surface area contributed by atoms with Crippen LogP contribution in [0.2, 0.25) is 0 Å². The Labute approximate surface area is 151 Å². The smallest absolute Gasteiger partial charge is 0.254 e. The summed E-state index contributed by atoms with van der Waals surface area (Å²) in [5, 5.41) is 0. The van der Waals surface area contributed by atoms with Crippen molar-refractivity contribution in [2.75, 3.05) is 6.61 Å². The predicted molar refractivity (Wildman–Crippen MR) is 96.3 cm³/mol. The molecule has 5 heteroatoms. The fourth-order valence-electron chi connectivity index (χ4n) is 2.67. The summed E-state index contributed by atoms with van der Waals surface area (Å²) in [6, 6.07) is 16.9. The van der Waals surface area contributed by atoms with Crippen LogP contribution in [0, 0.1) is 5.82 Å². The van der Waals surface area contributed by atoms with E-state index in [0.717, 1.165) is 0 Å². The molecule has 26 heavy (non-hydrogen) atoms. The van der Waals surface area contributed by atoms with E-state index in [1.807, 2.05) is 6.92 Å². The standard InChI is InChI=1S/C21H20FNO3/c1-2-25-18-11-9-16(10-12-18)21(24)23(15-19-7-5-13-26-19)14-17-6-3-4-8-20(17)22/h3-13H,2,14-15H2,1H3. The van der Waals surface area contributed by atoms with Gasteiger partial charge in [0.15, 0.2) is 0 Å². The van der Waals surface area contributed by atoms with E-state index in [9.17, 15) is 9.18 Å². The molecule has 0 fully saturated rings. The number of rotatable bonds is 7. The highest BCUT2D eigenvalue weighted by molar-refractivity contribution is 5.94. The van der Waals surface area contributed by atoms with Gasteiger partial charge in [0.05, 0.1) is 19.4 Å². The van der Waals surface area contributed by atoms with Gasteiger partial charge in [-0.25, -0.2) is 4.39 Å². The Kier molecular flexibility index (Phi) is 5.69. The molecular formula is C21H20FNO3. The highest BCUT2D eigenvalue weighted by atomic mass is 19.1. The van der Waals surface area contributed by atoms with E-state index in [2.05, 4.69) is 0 Å². The number of hydrogen-bond donors (Lipinski definition) is 0. The Morgan fingerprint density at radius 2 is 1.81 bits per heavy atom. The third-order valence-corrected chi connectivity index (χ3v) is 3.95. The molecule has 1 heterocycles. The highest BCUT2D eigenvalue weighted by Crippen LogP contribution is 2.18. The van der Waals surface area contributed by atoms with E-state index >= 15 is 0 Å². The van der Waals surface area contributed by atoms with Crippen molar-refractivity contribution in [3.05, 3.63) is 89.6 Å². The molecule has 3 rings (SSSR count). The molecule has 0 aliphatic carbocycles. The van der Waals surface area contributed by atoms with Gasteiger partial charge in [-0.05, 0) is 49.4 Å². The van der Waals surface area contributed by atoms with Crippen molar-refractivity contribution >= 4 is 5.91 Å². The largest absolute Gasteiger partial charge is 0.494 e. The van der Waals surface area contributed by atoms with Crippen LogP contribution in [0.15, 0.2) is 71.3 Å². The van der Waals surface area contributed by atoms with Gasteiger partial charge >= 0.3 is 0 Å². The van der Waals surface area contributed by atoms with Gasteiger partial charge in [0.1, 0.15) is 17.3 Å². The number of amides is 1. The Bertz CT molecular complexity index is 844. The monoisotopic (exact) mass is 353 g/mol. The average Bonchev–Trinajstić information content (AvgIpc) is 3.16. The molecule has 3 aromatic rings. The summed E-state index contributed by atoms with van der Waals surface area (Å²) in [5.41, 5.74) is 0.967. The van der Waals surface area contributed by atoms with Gasteiger partial charge in [-0.1, -0.05) is 18.2 Å². The molecule has 0 aliphatic heterocycles. The third-order valence-electron chi connectivity index (χ3n) is 3.95. The first kappa shape index (κ1) is 17.7. The zero-order valence-corrected chi connectivity index (χ0v) is 14.5. The van der Waals surface area contributed by atoms with E-state index in [-0.39, 0.29) is 24.8 Å². The van der Waals surface area contributed by atoms with Gasteiger partial charge < -0.3 is 14.1 Å². The van der Waals surface area contributed by atoms with Gasteiger partial charge in [-0.3, -0.25) is 4.79 Å². The first-order chi connectivity index (χ1) is 12.7. The molecular weight excluding hydrogens is 333 g/mol. The van der Waals surface area contributed by atoms with Gasteiger partial charge in [-0.15, -0.1) is 0 Å². The Balaban J connectivity index is 1.84. The van der Waals surface area contributed by atoms with Gasteiger partial charge in [0, 0.05) is 17.7 Å². The minimum absolute atomic E-state index is 0.152. The minimum Gasteiger partial charge on any atom is -0.494 e. The normalized spacial score (nSPS) is 10.5. The second kappa shape index (κ2) is 8.34. The summed E-state index contributed by atoms with van der Waals surface area (Å²) in [5.74, 6) is 0.806. The topological polar surface area (TPSA) is 42.7 Å². The Morgan fingerprint density at radius 1 is 1.04 bits per heavy atom. The maximum absolute atomic E-state index is 14.1. The lowest BCUT2D eigenvalue weighted by Gasteiger charge is -2.22. The van der Waals surface area contributed by atoms with Crippen molar-refractivity contribution in [3.8, 4) is 5.75 Å². The Hall–Kier alpha value is -3.08. The third kappa shape index (κ3) is 4.30. The van der Waals surface area contributed by atoms with Crippen LogP contribution in [0.5, 0.6) is 5.75 Å². The van der Waals surface area contributed by atoms with Gasteiger partial charge in [0.2, 0.25) is 0 Å². The number of nitrogens with zero attached hydrogens (tertiary/aromatic N) is 1. The minimum atomic E-state index is -0.337. The lowest BCUT2D eigenvalue weighted by molar-refractivity contribution is 0.0716. The summed E-state index contributed by atoms with van der Waals surface area (Å²) in [6.45, 7) is 2.87. The summed E-state index contributed by atoms with van der Waals surface area (Å²) < 4.78 is 24.8. The number of carbonyl (C=O) groups excluding carboxylic acids is 1. The number of hydrogen-bond acceptors (Lipinski definition) is 3. The van der Waals surface area contributed by atoms with Crippen molar-refractivity contribution in [2.24, 2.45) is 0 Å². The first-order valence-corrected chi connectivity index (χ1v) is 8.45. The molecule has 0 saturated carbocycles.